The van der Waals surface area contributed by atoms with Gasteiger partial charge in [-0.3, -0.25) is 0 Å². The summed E-state index contributed by atoms with van der Waals surface area (Å²) in [5.74, 6) is 0.203. The maximum Gasteiger partial charge on any atom is 0.248 e. The Bertz CT molecular complexity index is 609. The normalized spacial score (nSPS) is 10.1. The second-order valence-corrected chi connectivity index (χ2v) is 4.55. The van der Waals surface area contributed by atoms with Gasteiger partial charge < -0.3 is 10.5 Å². The first kappa shape index (κ1) is 12.8. The van der Waals surface area contributed by atoms with Gasteiger partial charge in [0.1, 0.15) is 16.6 Å². The third kappa shape index (κ3) is 2.80. The Kier molecular flexibility index (Phi) is 3.83. The molecule has 1 aromatic carbocycles. The number of thiocarbonyl (C=S) groups is 1. The van der Waals surface area contributed by atoms with Crippen molar-refractivity contribution in [1.82, 2.24) is 9.97 Å². The van der Waals surface area contributed by atoms with Crippen molar-refractivity contribution in [1.29, 1.82) is 0 Å². The van der Waals surface area contributed by atoms with Gasteiger partial charge in [0.2, 0.25) is 5.88 Å². The topological polar surface area (TPSA) is 61.0 Å². The molecule has 7 heteroatoms. The van der Waals surface area contributed by atoms with Gasteiger partial charge in [0, 0.05) is 12.4 Å². The summed E-state index contributed by atoms with van der Waals surface area (Å²) in [6, 6.07) is 4.03. The van der Waals surface area contributed by atoms with Crippen LogP contribution in [0.2, 0.25) is 0 Å². The molecule has 0 atom stereocenters. The minimum atomic E-state index is -0.372. The van der Waals surface area contributed by atoms with Crippen LogP contribution in [0, 0.1) is 5.82 Å². The second-order valence-electron chi connectivity index (χ2n) is 3.25. The number of hydrogen-bond donors (Lipinski definition) is 1. The largest absolute Gasteiger partial charge is 0.436 e. The molecule has 0 saturated carbocycles. The average Bonchev–Trinajstić information content (AvgIpc) is 2.33. The van der Waals surface area contributed by atoms with Crippen LogP contribution < -0.4 is 10.5 Å². The third-order valence-corrected chi connectivity index (χ3v) is 2.81. The molecule has 0 aliphatic carbocycles. The fourth-order valence-electron chi connectivity index (χ4n) is 1.23. The van der Waals surface area contributed by atoms with E-state index in [1.165, 1.54) is 30.6 Å². The zero-order valence-corrected chi connectivity index (χ0v) is 11.3. The highest BCUT2D eigenvalue weighted by Crippen LogP contribution is 2.30. The summed E-state index contributed by atoms with van der Waals surface area (Å²) in [6.07, 6.45) is 2.91. The van der Waals surface area contributed by atoms with Gasteiger partial charge in [0.15, 0.2) is 5.69 Å². The predicted octanol–water partition coefficient (Wildman–Crippen LogP) is 2.80. The van der Waals surface area contributed by atoms with Crippen LogP contribution >= 0.6 is 28.1 Å². The van der Waals surface area contributed by atoms with Crippen molar-refractivity contribution in [3.8, 4) is 11.6 Å². The van der Waals surface area contributed by atoms with Gasteiger partial charge in [0.25, 0.3) is 0 Å². The highest BCUT2D eigenvalue weighted by atomic mass is 79.9. The Morgan fingerprint density at radius 2 is 2.06 bits per heavy atom. The van der Waals surface area contributed by atoms with Gasteiger partial charge in [-0.05, 0) is 34.1 Å². The molecule has 92 valence electrons. The van der Waals surface area contributed by atoms with E-state index in [-0.39, 0.29) is 22.4 Å². The van der Waals surface area contributed by atoms with Crippen molar-refractivity contribution in [3.05, 3.63) is 46.6 Å². The van der Waals surface area contributed by atoms with Crippen LogP contribution in [0.5, 0.6) is 11.6 Å². The number of nitrogens with zero attached hydrogens (tertiary/aromatic N) is 2. The highest BCUT2D eigenvalue weighted by Gasteiger charge is 2.12. The van der Waals surface area contributed by atoms with E-state index in [0.717, 1.165) is 0 Å². The average molecular weight is 328 g/mol. The molecule has 0 unspecified atom stereocenters. The smallest absolute Gasteiger partial charge is 0.248 e. The Morgan fingerprint density at radius 1 is 1.33 bits per heavy atom. The lowest BCUT2D eigenvalue weighted by Crippen LogP contribution is -2.13. The molecule has 1 heterocycles. The molecule has 18 heavy (non-hydrogen) atoms. The van der Waals surface area contributed by atoms with E-state index in [1.807, 2.05) is 0 Å². The molecule has 0 aliphatic heterocycles. The van der Waals surface area contributed by atoms with E-state index in [0.29, 0.717) is 10.2 Å². The number of aromatic nitrogens is 2. The fourth-order valence-corrected chi connectivity index (χ4v) is 1.80. The zero-order valence-electron chi connectivity index (χ0n) is 8.93. The molecule has 0 aliphatic rings. The highest BCUT2D eigenvalue weighted by molar-refractivity contribution is 9.10. The van der Waals surface area contributed by atoms with Crippen LogP contribution in [0.4, 0.5) is 4.39 Å². The van der Waals surface area contributed by atoms with Crippen molar-refractivity contribution in [2.24, 2.45) is 5.73 Å². The predicted molar refractivity (Wildman–Crippen MR) is 72.1 cm³/mol. The fraction of sp³-hybridized carbons (Fsp3) is 0. The van der Waals surface area contributed by atoms with Crippen LogP contribution in [0.1, 0.15) is 5.69 Å². The number of benzene rings is 1. The molecule has 1 aromatic heterocycles. The minimum absolute atomic E-state index is 0.0799. The van der Waals surface area contributed by atoms with Crippen molar-refractivity contribution in [3.63, 3.8) is 0 Å². The van der Waals surface area contributed by atoms with Crippen LogP contribution in [0.25, 0.3) is 0 Å². The first-order valence-electron chi connectivity index (χ1n) is 4.81. The maximum atomic E-state index is 12.9. The van der Waals surface area contributed by atoms with Gasteiger partial charge in [-0.1, -0.05) is 12.2 Å². The maximum absolute atomic E-state index is 12.9. The minimum Gasteiger partial charge on any atom is -0.436 e. The van der Waals surface area contributed by atoms with Gasteiger partial charge >= 0.3 is 0 Å². The van der Waals surface area contributed by atoms with Crippen LogP contribution in [-0.4, -0.2) is 15.0 Å². The zero-order chi connectivity index (χ0) is 13.1. The van der Waals surface area contributed by atoms with Gasteiger partial charge in [0.05, 0.1) is 4.47 Å². The summed E-state index contributed by atoms with van der Waals surface area (Å²) in [5, 5.41) is 0. The molecule has 2 aromatic rings. The molecule has 0 bridgehead atoms. The lowest BCUT2D eigenvalue weighted by molar-refractivity contribution is 0.454. The summed E-state index contributed by atoms with van der Waals surface area (Å²) in [5.41, 5.74) is 5.79. The van der Waals surface area contributed by atoms with E-state index in [2.05, 4.69) is 25.9 Å². The summed E-state index contributed by atoms with van der Waals surface area (Å²) in [7, 11) is 0. The van der Waals surface area contributed by atoms with Gasteiger partial charge in [-0.25, -0.2) is 14.4 Å². The van der Waals surface area contributed by atoms with Gasteiger partial charge in [-0.2, -0.15) is 0 Å². The first-order valence-corrected chi connectivity index (χ1v) is 6.02. The summed E-state index contributed by atoms with van der Waals surface area (Å²) < 4.78 is 18.9. The molecule has 0 radical (unpaired) electrons. The number of hydrogen-bond acceptors (Lipinski definition) is 4. The number of rotatable bonds is 3. The lowest BCUT2D eigenvalue weighted by Gasteiger charge is -2.09. The van der Waals surface area contributed by atoms with E-state index < -0.39 is 0 Å². The molecule has 2 rings (SSSR count). The van der Waals surface area contributed by atoms with Crippen LogP contribution in [0.15, 0.2) is 35.1 Å². The molecule has 0 saturated heterocycles. The standard InChI is InChI=1S/C11H7BrFN3OS/c12-7-5-6(13)1-2-8(7)17-11-9(10(14)18)15-3-4-16-11/h1-5H,(H2,14,18). The van der Waals surface area contributed by atoms with Crippen molar-refractivity contribution in [2.75, 3.05) is 0 Å². The lowest BCUT2D eigenvalue weighted by atomic mass is 10.3. The number of halogens is 2. The first-order chi connectivity index (χ1) is 8.58. The number of ether oxygens (including phenoxy) is 1. The van der Waals surface area contributed by atoms with Crippen molar-refractivity contribution in [2.45, 2.75) is 0 Å². The second kappa shape index (κ2) is 5.36. The molecular formula is C11H7BrFN3OS. The van der Waals surface area contributed by atoms with Crippen LogP contribution in [0.3, 0.4) is 0 Å². The Hall–Kier alpha value is -1.60. The van der Waals surface area contributed by atoms with Gasteiger partial charge in [-0.15, -0.1) is 0 Å². The van der Waals surface area contributed by atoms with Crippen molar-refractivity contribution >= 4 is 33.1 Å². The molecular weight excluding hydrogens is 321 g/mol. The Morgan fingerprint density at radius 3 is 2.72 bits per heavy atom. The molecule has 0 fully saturated rings. The summed E-state index contributed by atoms with van der Waals surface area (Å²) >= 11 is 8.03. The molecule has 0 spiro atoms. The van der Waals surface area contributed by atoms with E-state index in [4.69, 9.17) is 22.7 Å². The Labute approximate surface area is 116 Å². The third-order valence-electron chi connectivity index (χ3n) is 2.00. The summed E-state index contributed by atoms with van der Waals surface area (Å²) in [4.78, 5) is 8.05. The molecule has 0 amide bonds. The van der Waals surface area contributed by atoms with Crippen molar-refractivity contribution < 1.29 is 9.13 Å². The van der Waals surface area contributed by atoms with E-state index in [1.54, 1.807) is 0 Å². The van der Waals surface area contributed by atoms with Crippen LogP contribution in [-0.2, 0) is 0 Å². The molecule has 2 N–H and O–H groups in total. The van der Waals surface area contributed by atoms with E-state index in [9.17, 15) is 4.39 Å². The monoisotopic (exact) mass is 327 g/mol. The number of nitrogens with two attached hydrogens (primary N) is 1. The quantitative estimate of drug-likeness (QED) is 0.878. The SMILES string of the molecule is NC(=S)c1nccnc1Oc1ccc(F)cc1Br. The Balaban J connectivity index is 2.37. The summed E-state index contributed by atoms with van der Waals surface area (Å²) in [6.45, 7) is 0. The van der Waals surface area contributed by atoms with E-state index >= 15 is 0 Å². The molecule has 4 nitrogen and oxygen atoms in total.